The molecule has 154 valence electrons. The number of amides is 1. The summed E-state index contributed by atoms with van der Waals surface area (Å²) in [5.41, 5.74) is 4.48. The number of anilines is 1. The van der Waals surface area contributed by atoms with Crippen molar-refractivity contribution >= 4 is 22.9 Å². The van der Waals surface area contributed by atoms with Crippen molar-refractivity contribution in [3.8, 4) is 0 Å². The molecule has 29 heavy (non-hydrogen) atoms. The van der Waals surface area contributed by atoms with Gasteiger partial charge in [0.05, 0.1) is 17.9 Å². The van der Waals surface area contributed by atoms with Gasteiger partial charge in [0.25, 0.3) is 5.56 Å². The van der Waals surface area contributed by atoms with Crippen molar-refractivity contribution in [3.63, 3.8) is 0 Å². The number of nitrogens with zero attached hydrogens (tertiary/aromatic N) is 5. The third-order valence-electron chi connectivity index (χ3n) is 4.92. The zero-order valence-electron chi connectivity index (χ0n) is 17.8. The number of hydrogen-bond acceptors (Lipinski definition) is 6. The Morgan fingerprint density at radius 2 is 1.97 bits per heavy atom. The predicted molar refractivity (Wildman–Crippen MR) is 112 cm³/mol. The van der Waals surface area contributed by atoms with Crippen LogP contribution in [0, 0.1) is 20.8 Å². The van der Waals surface area contributed by atoms with Gasteiger partial charge in [-0.2, -0.15) is 5.10 Å². The molecule has 0 bridgehead atoms. The monoisotopic (exact) mass is 397 g/mol. The fraction of sp³-hybridized carbons (Fsp3) is 0.450. The largest absolute Gasteiger partial charge is 0.350 e. The first kappa shape index (κ1) is 20.5. The number of carbonyl (C=O) groups is 1. The zero-order chi connectivity index (χ0) is 21.3. The van der Waals surface area contributed by atoms with E-state index in [1.807, 2.05) is 45.8 Å². The first-order chi connectivity index (χ1) is 13.7. The van der Waals surface area contributed by atoms with Crippen LogP contribution in [0.2, 0.25) is 0 Å². The van der Waals surface area contributed by atoms with Gasteiger partial charge in [-0.3, -0.25) is 14.3 Å². The fourth-order valence-electron chi connectivity index (χ4n) is 3.48. The summed E-state index contributed by atoms with van der Waals surface area (Å²) in [5.74, 6) is 0.478. The molecule has 0 saturated carbocycles. The molecule has 0 aliphatic carbocycles. The van der Waals surface area contributed by atoms with Crippen LogP contribution in [0.3, 0.4) is 0 Å². The minimum absolute atomic E-state index is 0.130. The number of aromatic nitrogens is 5. The Balaban J connectivity index is 1.69. The number of H-pyrrole nitrogens is 1. The van der Waals surface area contributed by atoms with E-state index in [-0.39, 0.29) is 17.9 Å². The van der Waals surface area contributed by atoms with E-state index < -0.39 is 0 Å². The van der Waals surface area contributed by atoms with Crippen molar-refractivity contribution in [2.75, 3.05) is 19.0 Å². The number of pyridine rings is 1. The van der Waals surface area contributed by atoms with Crippen LogP contribution >= 0.6 is 0 Å². The molecule has 0 spiro atoms. The molecule has 0 unspecified atom stereocenters. The number of hydrogen-bond donors (Lipinski definition) is 2. The highest BCUT2D eigenvalue weighted by molar-refractivity contribution is 5.83. The molecule has 0 saturated heterocycles. The van der Waals surface area contributed by atoms with Crippen LogP contribution in [0.25, 0.3) is 11.0 Å². The molecule has 9 nitrogen and oxygen atoms in total. The Labute approximate surface area is 169 Å². The molecule has 0 aromatic carbocycles. The van der Waals surface area contributed by atoms with Gasteiger partial charge in [-0.15, -0.1) is 0 Å². The third-order valence-corrected chi connectivity index (χ3v) is 4.92. The normalized spacial score (nSPS) is 11.1. The van der Waals surface area contributed by atoms with Crippen LogP contribution < -0.4 is 15.8 Å². The second-order valence-corrected chi connectivity index (χ2v) is 7.46. The van der Waals surface area contributed by atoms with Crippen molar-refractivity contribution < 1.29 is 4.79 Å². The lowest BCUT2D eigenvalue weighted by Crippen LogP contribution is -2.26. The Morgan fingerprint density at radius 3 is 2.66 bits per heavy atom. The minimum Gasteiger partial charge on any atom is -0.350 e. The van der Waals surface area contributed by atoms with Gasteiger partial charge in [0, 0.05) is 44.2 Å². The molecule has 0 atom stereocenters. The van der Waals surface area contributed by atoms with Gasteiger partial charge < -0.3 is 15.2 Å². The summed E-state index contributed by atoms with van der Waals surface area (Å²) in [6.07, 6.45) is 0.586. The van der Waals surface area contributed by atoms with E-state index in [2.05, 4.69) is 25.4 Å². The molecule has 1 amide bonds. The summed E-state index contributed by atoms with van der Waals surface area (Å²) < 4.78 is 1.67. The second kappa shape index (κ2) is 8.02. The summed E-state index contributed by atoms with van der Waals surface area (Å²) in [6.45, 7) is 6.03. The number of carbonyl (C=O) groups excluding carboxylic acids is 1. The SMILES string of the molecule is Cc1cc(CNC(=O)CCc2c(C)c3c(C)nn(C)c3[nH]c2=O)nc(N(C)C)n1. The predicted octanol–water partition coefficient (Wildman–Crippen LogP) is 1.29. The molecule has 0 aliphatic heterocycles. The number of aryl methyl sites for hydroxylation is 4. The smallest absolute Gasteiger partial charge is 0.253 e. The Kier molecular flexibility index (Phi) is 5.67. The average Bonchev–Trinajstić information content (AvgIpc) is 2.92. The lowest BCUT2D eigenvalue weighted by Gasteiger charge is -2.13. The van der Waals surface area contributed by atoms with Gasteiger partial charge in [0.2, 0.25) is 11.9 Å². The van der Waals surface area contributed by atoms with E-state index in [9.17, 15) is 9.59 Å². The van der Waals surface area contributed by atoms with Crippen molar-refractivity contribution in [3.05, 3.63) is 44.6 Å². The molecule has 3 aromatic heterocycles. The standard InChI is InChI=1S/C20H27N7O2/c1-11-9-14(23-20(22-11)26(4)5)10-21-16(28)8-7-15-12(2)17-13(3)25-27(6)18(17)24-19(15)29/h9H,7-8,10H2,1-6H3,(H,21,28)(H,24,29). The molecule has 3 aromatic rings. The molecule has 0 radical (unpaired) electrons. The molecule has 3 rings (SSSR count). The first-order valence-corrected chi connectivity index (χ1v) is 9.51. The van der Waals surface area contributed by atoms with Crippen LogP contribution in [0.5, 0.6) is 0 Å². The van der Waals surface area contributed by atoms with E-state index in [1.54, 1.807) is 11.7 Å². The topological polar surface area (TPSA) is 109 Å². The molecule has 9 heteroatoms. The third kappa shape index (κ3) is 4.28. The Hall–Kier alpha value is -3.23. The van der Waals surface area contributed by atoms with Crippen molar-refractivity contribution in [2.24, 2.45) is 7.05 Å². The van der Waals surface area contributed by atoms with E-state index in [0.717, 1.165) is 28.0 Å². The number of nitrogens with one attached hydrogen (secondary N) is 2. The summed E-state index contributed by atoms with van der Waals surface area (Å²) in [7, 11) is 5.55. The maximum absolute atomic E-state index is 12.5. The fourth-order valence-corrected chi connectivity index (χ4v) is 3.48. The van der Waals surface area contributed by atoms with Crippen molar-refractivity contribution in [1.82, 2.24) is 30.0 Å². The minimum atomic E-state index is -0.173. The summed E-state index contributed by atoms with van der Waals surface area (Å²) in [5, 5.41) is 8.19. The van der Waals surface area contributed by atoms with Gasteiger partial charge in [-0.1, -0.05) is 0 Å². The van der Waals surface area contributed by atoms with Crippen LogP contribution in [-0.4, -0.2) is 44.7 Å². The van der Waals surface area contributed by atoms with E-state index in [0.29, 0.717) is 30.1 Å². The highest BCUT2D eigenvalue weighted by Gasteiger charge is 2.16. The zero-order valence-corrected chi connectivity index (χ0v) is 17.8. The Bertz CT molecular complexity index is 1130. The maximum atomic E-state index is 12.5. The van der Waals surface area contributed by atoms with Crippen LogP contribution in [0.4, 0.5) is 5.95 Å². The number of rotatable bonds is 6. The molecule has 3 heterocycles. The molecular formula is C20H27N7O2. The molecular weight excluding hydrogens is 370 g/mol. The van der Waals surface area contributed by atoms with Gasteiger partial charge in [-0.25, -0.2) is 9.97 Å². The first-order valence-electron chi connectivity index (χ1n) is 9.51. The Morgan fingerprint density at radius 1 is 1.24 bits per heavy atom. The lowest BCUT2D eigenvalue weighted by molar-refractivity contribution is -0.121. The number of aromatic amines is 1. The summed E-state index contributed by atoms with van der Waals surface area (Å²) in [4.78, 5) is 38.3. The summed E-state index contributed by atoms with van der Waals surface area (Å²) >= 11 is 0. The van der Waals surface area contributed by atoms with Crippen molar-refractivity contribution in [1.29, 1.82) is 0 Å². The van der Waals surface area contributed by atoms with Crippen LogP contribution in [0.15, 0.2) is 10.9 Å². The van der Waals surface area contributed by atoms with Crippen LogP contribution in [-0.2, 0) is 24.8 Å². The molecule has 0 aliphatic rings. The summed E-state index contributed by atoms with van der Waals surface area (Å²) in [6, 6.07) is 1.85. The van der Waals surface area contributed by atoms with Gasteiger partial charge in [0.1, 0.15) is 5.65 Å². The van der Waals surface area contributed by atoms with Gasteiger partial charge in [-0.05, 0) is 38.8 Å². The molecule has 2 N–H and O–H groups in total. The number of fused-ring (bicyclic) bond motifs is 1. The maximum Gasteiger partial charge on any atom is 0.253 e. The molecule has 0 fully saturated rings. The highest BCUT2D eigenvalue weighted by atomic mass is 16.1. The van der Waals surface area contributed by atoms with E-state index >= 15 is 0 Å². The van der Waals surface area contributed by atoms with Gasteiger partial charge >= 0.3 is 0 Å². The van der Waals surface area contributed by atoms with E-state index in [4.69, 9.17) is 0 Å². The second-order valence-electron chi connectivity index (χ2n) is 7.46. The van der Waals surface area contributed by atoms with Crippen molar-refractivity contribution in [2.45, 2.75) is 40.2 Å². The lowest BCUT2D eigenvalue weighted by atomic mass is 10.0. The average molecular weight is 397 g/mol. The van der Waals surface area contributed by atoms with Gasteiger partial charge in [0.15, 0.2) is 0 Å². The van der Waals surface area contributed by atoms with Crippen LogP contribution in [0.1, 0.15) is 34.6 Å². The quantitative estimate of drug-likeness (QED) is 0.649. The highest BCUT2D eigenvalue weighted by Crippen LogP contribution is 2.21. The van der Waals surface area contributed by atoms with E-state index in [1.165, 1.54) is 0 Å².